The maximum atomic E-state index is 4.19. The van der Waals surface area contributed by atoms with Crippen LogP contribution < -0.4 is 0 Å². The molecule has 9 heavy (non-hydrogen) atoms. The maximum absolute atomic E-state index is 4.19. The van der Waals surface area contributed by atoms with Crippen LogP contribution >= 0.6 is 0 Å². The summed E-state index contributed by atoms with van der Waals surface area (Å²) in [6, 6.07) is 0. The molecule has 50 valence electrons. The van der Waals surface area contributed by atoms with Gasteiger partial charge in [0.1, 0.15) is 0 Å². The van der Waals surface area contributed by atoms with Crippen LogP contribution in [0.3, 0.4) is 0 Å². The lowest BCUT2D eigenvalue weighted by Crippen LogP contribution is -2.06. The summed E-state index contributed by atoms with van der Waals surface area (Å²) in [6.07, 6.45) is 6.13. The Kier molecular flexibility index (Phi) is 2.04. The Labute approximate surface area is 56.5 Å². The largest absolute Gasteiger partial charge is 0.293 e. The summed E-state index contributed by atoms with van der Waals surface area (Å²) in [6.45, 7) is 5.45. The van der Waals surface area contributed by atoms with Gasteiger partial charge in [0.05, 0.1) is 0 Å². The van der Waals surface area contributed by atoms with Crippen LogP contribution in [-0.2, 0) is 0 Å². The van der Waals surface area contributed by atoms with Crippen molar-refractivity contribution >= 4 is 6.21 Å². The molecule has 0 aromatic heterocycles. The Morgan fingerprint density at radius 1 is 1.44 bits per heavy atom. The molecule has 0 saturated carbocycles. The molecule has 1 rings (SSSR count). The van der Waals surface area contributed by atoms with E-state index in [1.807, 2.05) is 12.3 Å². The third-order valence-corrected chi connectivity index (χ3v) is 1.90. The quantitative estimate of drug-likeness (QED) is 0.466. The molecular formula is C8H13N. The fourth-order valence-electron chi connectivity index (χ4n) is 0.869. The van der Waals surface area contributed by atoms with Crippen LogP contribution in [0, 0.1) is 11.8 Å². The van der Waals surface area contributed by atoms with Crippen molar-refractivity contribution in [3.05, 3.63) is 12.2 Å². The van der Waals surface area contributed by atoms with E-state index in [4.69, 9.17) is 0 Å². The summed E-state index contributed by atoms with van der Waals surface area (Å²) < 4.78 is 0. The molecule has 2 unspecified atom stereocenters. The molecule has 1 aliphatic heterocycles. The Morgan fingerprint density at radius 2 is 2.22 bits per heavy atom. The minimum absolute atomic E-state index is 0.687. The number of aliphatic imine (C=N–C) groups is 1. The first-order valence-electron chi connectivity index (χ1n) is 3.47. The Balaban J connectivity index is 2.58. The highest BCUT2D eigenvalue weighted by Crippen LogP contribution is 2.13. The van der Waals surface area contributed by atoms with Gasteiger partial charge in [-0.25, -0.2) is 0 Å². The summed E-state index contributed by atoms with van der Waals surface area (Å²) in [5.74, 6) is 1.40. The van der Waals surface area contributed by atoms with Gasteiger partial charge in [0.15, 0.2) is 0 Å². The first-order valence-corrected chi connectivity index (χ1v) is 3.47. The molecule has 1 aliphatic rings. The molecular weight excluding hydrogens is 110 g/mol. The summed E-state index contributed by atoms with van der Waals surface area (Å²) in [4.78, 5) is 4.19. The van der Waals surface area contributed by atoms with Gasteiger partial charge >= 0.3 is 0 Å². The lowest BCUT2D eigenvalue weighted by molar-refractivity contribution is 0.476. The van der Waals surface area contributed by atoms with Crippen molar-refractivity contribution in [2.45, 2.75) is 13.8 Å². The molecule has 0 bridgehead atoms. The van der Waals surface area contributed by atoms with Crippen LogP contribution in [0.5, 0.6) is 0 Å². The predicted molar refractivity (Wildman–Crippen MR) is 40.8 cm³/mol. The lowest BCUT2D eigenvalue weighted by atomic mass is 9.97. The molecule has 0 saturated heterocycles. The molecule has 1 nitrogen and oxygen atoms in total. The van der Waals surface area contributed by atoms with Crippen molar-refractivity contribution in [2.75, 3.05) is 6.54 Å². The van der Waals surface area contributed by atoms with Crippen molar-refractivity contribution in [3.63, 3.8) is 0 Å². The first kappa shape index (κ1) is 6.53. The van der Waals surface area contributed by atoms with Gasteiger partial charge < -0.3 is 0 Å². The Hall–Kier alpha value is -0.590. The van der Waals surface area contributed by atoms with E-state index in [1.165, 1.54) is 0 Å². The van der Waals surface area contributed by atoms with E-state index < -0.39 is 0 Å². The summed E-state index contributed by atoms with van der Waals surface area (Å²) in [5.41, 5.74) is 0. The number of hydrogen-bond donors (Lipinski definition) is 0. The van der Waals surface area contributed by atoms with Gasteiger partial charge in [0, 0.05) is 12.8 Å². The molecule has 0 fully saturated rings. The SMILES string of the molecule is CC1C=CC=NCC1C. The second-order valence-electron chi connectivity index (χ2n) is 2.74. The van der Waals surface area contributed by atoms with Gasteiger partial charge in [-0.05, 0) is 17.9 Å². The minimum atomic E-state index is 0.687. The van der Waals surface area contributed by atoms with Crippen LogP contribution in [0.1, 0.15) is 13.8 Å². The van der Waals surface area contributed by atoms with Gasteiger partial charge in [0.2, 0.25) is 0 Å². The first-order chi connectivity index (χ1) is 4.30. The minimum Gasteiger partial charge on any atom is -0.293 e. The molecule has 0 amide bonds. The molecule has 0 radical (unpaired) electrons. The molecule has 1 heteroatoms. The van der Waals surface area contributed by atoms with Crippen molar-refractivity contribution < 1.29 is 0 Å². The van der Waals surface area contributed by atoms with Gasteiger partial charge in [-0.2, -0.15) is 0 Å². The van der Waals surface area contributed by atoms with Crippen molar-refractivity contribution in [1.29, 1.82) is 0 Å². The van der Waals surface area contributed by atoms with Crippen molar-refractivity contribution in [1.82, 2.24) is 0 Å². The Bertz CT molecular complexity index is 136. The zero-order valence-corrected chi connectivity index (χ0v) is 6.04. The van der Waals surface area contributed by atoms with Gasteiger partial charge in [-0.15, -0.1) is 0 Å². The highest BCUT2D eigenvalue weighted by atomic mass is 14.7. The second-order valence-corrected chi connectivity index (χ2v) is 2.74. The zero-order valence-electron chi connectivity index (χ0n) is 6.04. The number of allylic oxidation sites excluding steroid dienone is 2. The van der Waals surface area contributed by atoms with E-state index in [0.29, 0.717) is 11.8 Å². The fourth-order valence-corrected chi connectivity index (χ4v) is 0.869. The summed E-state index contributed by atoms with van der Waals surface area (Å²) in [7, 11) is 0. The number of hydrogen-bond acceptors (Lipinski definition) is 1. The normalized spacial score (nSPS) is 34.4. The molecule has 0 N–H and O–H groups in total. The topological polar surface area (TPSA) is 12.4 Å². The van der Waals surface area contributed by atoms with E-state index in [1.54, 1.807) is 0 Å². The average Bonchev–Trinajstić information content (AvgIpc) is 1.99. The van der Waals surface area contributed by atoms with Crippen LogP contribution in [0.25, 0.3) is 0 Å². The van der Waals surface area contributed by atoms with E-state index >= 15 is 0 Å². The van der Waals surface area contributed by atoms with E-state index in [2.05, 4.69) is 24.9 Å². The third-order valence-electron chi connectivity index (χ3n) is 1.90. The monoisotopic (exact) mass is 123 g/mol. The Morgan fingerprint density at radius 3 is 3.00 bits per heavy atom. The lowest BCUT2D eigenvalue weighted by Gasteiger charge is -2.10. The third kappa shape index (κ3) is 1.67. The highest BCUT2D eigenvalue weighted by Gasteiger charge is 2.08. The summed E-state index contributed by atoms with van der Waals surface area (Å²) >= 11 is 0. The van der Waals surface area contributed by atoms with Crippen LogP contribution in [0.4, 0.5) is 0 Å². The fraction of sp³-hybridized carbons (Fsp3) is 0.625. The van der Waals surface area contributed by atoms with Crippen molar-refractivity contribution in [3.8, 4) is 0 Å². The van der Waals surface area contributed by atoms with Gasteiger partial charge in [-0.1, -0.05) is 19.9 Å². The van der Waals surface area contributed by atoms with Gasteiger partial charge in [-0.3, -0.25) is 4.99 Å². The smallest absolute Gasteiger partial charge is 0.0420 e. The predicted octanol–water partition coefficient (Wildman–Crippen LogP) is 1.90. The highest BCUT2D eigenvalue weighted by molar-refractivity contribution is 5.71. The number of nitrogens with zero attached hydrogens (tertiary/aromatic N) is 1. The van der Waals surface area contributed by atoms with E-state index in [0.717, 1.165) is 6.54 Å². The maximum Gasteiger partial charge on any atom is 0.0420 e. The average molecular weight is 123 g/mol. The van der Waals surface area contributed by atoms with Crippen LogP contribution in [0.2, 0.25) is 0 Å². The summed E-state index contributed by atoms with van der Waals surface area (Å²) in [5, 5.41) is 0. The number of rotatable bonds is 0. The molecule has 0 aromatic rings. The van der Waals surface area contributed by atoms with Crippen molar-refractivity contribution in [2.24, 2.45) is 16.8 Å². The van der Waals surface area contributed by atoms with Crippen LogP contribution in [-0.4, -0.2) is 12.8 Å². The van der Waals surface area contributed by atoms with Crippen LogP contribution in [0.15, 0.2) is 17.1 Å². The molecule has 0 aliphatic carbocycles. The molecule has 0 spiro atoms. The second kappa shape index (κ2) is 2.81. The van der Waals surface area contributed by atoms with E-state index in [9.17, 15) is 0 Å². The molecule has 2 atom stereocenters. The molecule has 1 heterocycles. The van der Waals surface area contributed by atoms with Gasteiger partial charge in [0.25, 0.3) is 0 Å². The van der Waals surface area contributed by atoms with E-state index in [-0.39, 0.29) is 0 Å². The zero-order chi connectivity index (χ0) is 6.69. The molecule has 0 aromatic carbocycles. The standard InChI is InChI=1S/C8H13N/c1-7-4-3-5-9-6-8(7)2/h3-5,7-8H,6H2,1-2H3.